The van der Waals surface area contributed by atoms with Gasteiger partial charge in [0.2, 0.25) is 0 Å². The van der Waals surface area contributed by atoms with E-state index in [0.717, 1.165) is 16.1 Å². The Balaban J connectivity index is 3.04. The van der Waals surface area contributed by atoms with Gasteiger partial charge in [0, 0.05) is 17.3 Å². The highest BCUT2D eigenvalue weighted by Crippen LogP contribution is 2.08. The molecule has 0 N–H and O–H groups in total. The van der Waals surface area contributed by atoms with Crippen LogP contribution in [0.15, 0.2) is 0 Å². The standard InChI is InChI=1S/C9H19BrO5S2/c1-17(11,12)16-9-8-15-7-6-14-5-4-13-3-2-10/h2-9H2,1H3. The molecule has 0 aromatic rings. The second-order valence-electron chi connectivity index (χ2n) is 3.05. The lowest BCUT2D eigenvalue weighted by Gasteiger charge is -2.05. The van der Waals surface area contributed by atoms with Crippen LogP contribution in [0, 0.1) is 0 Å². The van der Waals surface area contributed by atoms with Gasteiger partial charge < -0.3 is 14.2 Å². The molecule has 0 aliphatic rings. The van der Waals surface area contributed by atoms with E-state index in [1.807, 2.05) is 0 Å². The van der Waals surface area contributed by atoms with Crippen molar-refractivity contribution in [3.05, 3.63) is 0 Å². The van der Waals surface area contributed by atoms with Gasteiger partial charge in [-0.15, -0.1) is 0 Å². The minimum Gasteiger partial charge on any atom is -0.378 e. The molecule has 0 bridgehead atoms. The molecule has 0 aromatic heterocycles. The van der Waals surface area contributed by atoms with Gasteiger partial charge in [-0.3, -0.25) is 0 Å². The molecule has 0 unspecified atom stereocenters. The van der Waals surface area contributed by atoms with Gasteiger partial charge in [-0.05, 0) is 10.8 Å². The van der Waals surface area contributed by atoms with E-state index in [4.69, 9.17) is 14.2 Å². The molecular weight excluding hydrogens is 332 g/mol. The van der Waals surface area contributed by atoms with Crippen LogP contribution in [-0.2, 0) is 23.1 Å². The fourth-order valence-corrected chi connectivity index (χ4v) is 2.67. The number of ether oxygens (including phenoxy) is 3. The van der Waals surface area contributed by atoms with Gasteiger partial charge in [0.25, 0.3) is 0 Å². The van der Waals surface area contributed by atoms with Crippen LogP contribution in [0.25, 0.3) is 0 Å². The second kappa shape index (κ2) is 11.7. The van der Waals surface area contributed by atoms with E-state index in [-0.39, 0.29) is 0 Å². The summed E-state index contributed by atoms with van der Waals surface area (Å²) in [6, 6.07) is 0. The first kappa shape index (κ1) is 17.7. The third-order valence-electron chi connectivity index (χ3n) is 1.49. The maximum absolute atomic E-state index is 10.8. The van der Waals surface area contributed by atoms with Gasteiger partial charge in [-0.2, -0.15) is 0 Å². The van der Waals surface area contributed by atoms with Crippen LogP contribution >= 0.6 is 26.7 Å². The van der Waals surface area contributed by atoms with Crippen LogP contribution in [0.4, 0.5) is 0 Å². The van der Waals surface area contributed by atoms with E-state index in [1.165, 1.54) is 6.26 Å². The zero-order chi connectivity index (χ0) is 13.0. The normalized spacial score (nSPS) is 11.9. The van der Waals surface area contributed by atoms with Crippen molar-refractivity contribution in [1.29, 1.82) is 0 Å². The highest BCUT2D eigenvalue weighted by Gasteiger charge is 2.01. The highest BCUT2D eigenvalue weighted by molar-refractivity contribution is 9.09. The summed E-state index contributed by atoms with van der Waals surface area (Å²) in [5, 5.41) is 0.827. The van der Waals surface area contributed by atoms with Gasteiger partial charge in [0.05, 0.1) is 39.6 Å². The quantitative estimate of drug-likeness (QED) is 0.298. The Kier molecular flexibility index (Phi) is 12.2. The summed E-state index contributed by atoms with van der Waals surface area (Å²) in [5.41, 5.74) is 0. The van der Waals surface area contributed by atoms with Crippen molar-refractivity contribution >= 4 is 35.6 Å². The van der Waals surface area contributed by atoms with E-state index in [2.05, 4.69) is 15.9 Å². The molecule has 17 heavy (non-hydrogen) atoms. The van der Waals surface area contributed by atoms with Crippen molar-refractivity contribution in [1.82, 2.24) is 0 Å². The van der Waals surface area contributed by atoms with Gasteiger partial charge in [-0.1, -0.05) is 15.9 Å². The van der Waals surface area contributed by atoms with Crippen molar-refractivity contribution in [3.63, 3.8) is 0 Å². The van der Waals surface area contributed by atoms with Crippen LogP contribution in [-0.4, -0.2) is 65.4 Å². The molecule has 0 heterocycles. The maximum atomic E-state index is 10.8. The van der Waals surface area contributed by atoms with Crippen LogP contribution in [0.1, 0.15) is 0 Å². The van der Waals surface area contributed by atoms with Crippen molar-refractivity contribution in [2.24, 2.45) is 0 Å². The van der Waals surface area contributed by atoms with Crippen molar-refractivity contribution in [2.75, 3.05) is 57.0 Å². The average Bonchev–Trinajstić information content (AvgIpc) is 2.24. The molecule has 0 saturated heterocycles. The number of alkyl halides is 1. The van der Waals surface area contributed by atoms with Crippen molar-refractivity contribution in [2.45, 2.75) is 0 Å². The molecule has 0 amide bonds. The van der Waals surface area contributed by atoms with Crippen molar-refractivity contribution < 1.29 is 22.6 Å². The Morgan fingerprint density at radius 1 is 0.941 bits per heavy atom. The average molecular weight is 351 g/mol. The summed E-state index contributed by atoms with van der Waals surface area (Å²) in [6.45, 7) is 3.21. The number of hydrogen-bond donors (Lipinski definition) is 0. The third kappa shape index (κ3) is 16.7. The Morgan fingerprint density at radius 2 is 1.41 bits per heavy atom. The summed E-state index contributed by atoms with van der Waals surface area (Å²) in [4.78, 5) is 0. The molecular formula is C9H19BrO5S2. The fraction of sp³-hybridized carbons (Fsp3) is 1.00. The highest BCUT2D eigenvalue weighted by atomic mass is 79.9. The zero-order valence-electron chi connectivity index (χ0n) is 9.89. The summed E-state index contributed by atoms with van der Waals surface area (Å²) in [7, 11) is -2.06. The van der Waals surface area contributed by atoms with Gasteiger partial charge >= 0.3 is 0 Å². The monoisotopic (exact) mass is 350 g/mol. The first-order chi connectivity index (χ1) is 8.06. The summed E-state index contributed by atoms with van der Waals surface area (Å²) >= 11 is 3.25. The summed E-state index contributed by atoms with van der Waals surface area (Å²) < 4.78 is 37.1. The van der Waals surface area contributed by atoms with E-state index in [1.54, 1.807) is 0 Å². The molecule has 0 fully saturated rings. The van der Waals surface area contributed by atoms with Crippen LogP contribution in [0.3, 0.4) is 0 Å². The number of rotatable bonds is 12. The smallest absolute Gasteiger partial charge is 0.198 e. The fourth-order valence-electron chi connectivity index (χ4n) is 0.841. The molecule has 0 spiro atoms. The first-order valence-corrected chi connectivity index (χ1v) is 9.71. The third-order valence-corrected chi connectivity index (χ3v) is 4.36. The summed E-state index contributed by atoms with van der Waals surface area (Å²) in [5.74, 6) is 0.452. The van der Waals surface area contributed by atoms with E-state index < -0.39 is 8.87 Å². The van der Waals surface area contributed by atoms with E-state index in [9.17, 15) is 8.42 Å². The van der Waals surface area contributed by atoms with E-state index >= 15 is 0 Å². The Labute approximate surface area is 115 Å². The molecule has 0 radical (unpaired) electrons. The minimum absolute atomic E-state index is 0.418. The second-order valence-corrected chi connectivity index (χ2v) is 8.42. The molecule has 0 atom stereocenters. The van der Waals surface area contributed by atoms with Gasteiger partial charge in [0.15, 0.2) is 8.87 Å². The molecule has 8 heteroatoms. The number of hydrogen-bond acceptors (Lipinski definition) is 6. The topological polar surface area (TPSA) is 61.8 Å². The Bertz CT molecular complexity index is 258. The Morgan fingerprint density at radius 3 is 1.88 bits per heavy atom. The molecule has 0 rings (SSSR count). The minimum atomic E-state index is -2.95. The molecule has 104 valence electrons. The van der Waals surface area contributed by atoms with Crippen LogP contribution < -0.4 is 0 Å². The van der Waals surface area contributed by atoms with E-state index in [0.29, 0.717) is 45.4 Å². The van der Waals surface area contributed by atoms with Gasteiger partial charge in [0.1, 0.15) is 0 Å². The maximum Gasteiger partial charge on any atom is 0.198 e. The number of halogens is 1. The lowest BCUT2D eigenvalue weighted by atomic mass is 10.7. The molecule has 0 aliphatic carbocycles. The lowest BCUT2D eigenvalue weighted by molar-refractivity contribution is 0.0206. The molecule has 0 aromatic carbocycles. The molecule has 0 saturated carbocycles. The van der Waals surface area contributed by atoms with Crippen LogP contribution in [0.5, 0.6) is 0 Å². The van der Waals surface area contributed by atoms with Crippen LogP contribution in [0.2, 0.25) is 0 Å². The molecule has 0 aliphatic heterocycles. The summed E-state index contributed by atoms with van der Waals surface area (Å²) in [6.07, 6.45) is 1.19. The largest absolute Gasteiger partial charge is 0.378 e. The van der Waals surface area contributed by atoms with Crippen molar-refractivity contribution in [3.8, 4) is 0 Å². The lowest BCUT2D eigenvalue weighted by Crippen LogP contribution is -2.11. The first-order valence-electron chi connectivity index (χ1n) is 5.20. The van der Waals surface area contributed by atoms with Gasteiger partial charge in [-0.25, -0.2) is 8.42 Å². The zero-order valence-corrected chi connectivity index (χ0v) is 13.1. The predicted molar refractivity (Wildman–Crippen MR) is 73.6 cm³/mol. The Hall–Kier alpha value is 0.660. The predicted octanol–water partition coefficient (Wildman–Crippen LogP) is 1.12. The molecule has 5 nitrogen and oxygen atoms in total. The SMILES string of the molecule is CS(=O)(=O)SCCOCCOCCOCCBr.